The van der Waals surface area contributed by atoms with Gasteiger partial charge in [0.15, 0.2) is 11.6 Å². The maximum Gasteiger partial charge on any atom is 0.156 e. The normalized spacial score (nSPS) is 10.4. The van der Waals surface area contributed by atoms with Crippen molar-refractivity contribution in [3.63, 3.8) is 0 Å². The highest BCUT2D eigenvalue weighted by Crippen LogP contribution is 2.32. The van der Waals surface area contributed by atoms with Gasteiger partial charge in [-0.2, -0.15) is 0 Å². The first-order valence-electron chi connectivity index (χ1n) is 5.16. The van der Waals surface area contributed by atoms with Crippen molar-refractivity contribution in [2.24, 2.45) is 0 Å². The van der Waals surface area contributed by atoms with Crippen LogP contribution in [0.1, 0.15) is 5.56 Å². The van der Waals surface area contributed by atoms with E-state index in [1.165, 1.54) is 12.1 Å². The first-order valence-corrected chi connectivity index (χ1v) is 5.16. The van der Waals surface area contributed by atoms with E-state index in [9.17, 15) is 13.2 Å². The van der Waals surface area contributed by atoms with E-state index in [0.717, 1.165) is 12.1 Å². The topological polar surface area (TPSA) is 35.2 Å². The molecule has 0 spiro atoms. The summed E-state index contributed by atoms with van der Waals surface area (Å²) in [7, 11) is 0. The maximum atomic E-state index is 13.2. The van der Waals surface area contributed by atoms with Gasteiger partial charge < -0.3 is 10.5 Å². The number of benzene rings is 2. The minimum Gasteiger partial charge on any atom is -0.455 e. The zero-order valence-electron chi connectivity index (χ0n) is 9.51. The highest BCUT2D eigenvalue weighted by Gasteiger charge is 2.11. The Balaban J connectivity index is 2.43. The van der Waals surface area contributed by atoms with Crippen molar-refractivity contribution in [1.82, 2.24) is 0 Å². The first-order chi connectivity index (χ1) is 8.47. The van der Waals surface area contributed by atoms with Gasteiger partial charge in [0.2, 0.25) is 0 Å². The molecule has 0 atom stereocenters. The molecule has 0 heterocycles. The highest BCUT2D eigenvalue weighted by molar-refractivity contribution is 5.55. The molecule has 0 aromatic heterocycles. The summed E-state index contributed by atoms with van der Waals surface area (Å²) in [5.74, 6) is -2.26. The van der Waals surface area contributed by atoms with Gasteiger partial charge in [-0.05, 0) is 18.6 Å². The number of nitrogens with two attached hydrogens (primary N) is 1. The maximum absolute atomic E-state index is 13.2. The first kappa shape index (κ1) is 12.3. The monoisotopic (exact) mass is 253 g/mol. The van der Waals surface area contributed by atoms with E-state index < -0.39 is 17.5 Å². The molecular formula is C13H10F3NO. The second kappa shape index (κ2) is 4.60. The molecule has 0 saturated heterocycles. The number of ether oxygens (including phenoxy) is 1. The van der Waals surface area contributed by atoms with E-state index in [0.29, 0.717) is 11.6 Å². The van der Waals surface area contributed by atoms with Crippen molar-refractivity contribution in [2.75, 3.05) is 5.73 Å². The fraction of sp³-hybridized carbons (Fsp3) is 0.0769. The molecule has 0 radical (unpaired) electrons. The van der Waals surface area contributed by atoms with Crippen LogP contribution in [0.4, 0.5) is 18.9 Å². The van der Waals surface area contributed by atoms with Crippen LogP contribution in [0, 0.1) is 24.4 Å². The highest BCUT2D eigenvalue weighted by atomic mass is 19.1. The van der Waals surface area contributed by atoms with Gasteiger partial charge >= 0.3 is 0 Å². The molecular weight excluding hydrogens is 243 g/mol. The van der Waals surface area contributed by atoms with E-state index in [1.54, 1.807) is 6.92 Å². The number of anilines is 1. The van der Waals surface area contributed by atoms with E-state index in [4.69, 9.17) is 10.5 Å². The smallest absolute Gasteiger partial charge is 0.156 e. The molecule has 0 saturated carbocycles. The quantitative estimate of drug-likeness (QED) is 0.826. The van der Waals surface area contributed by atoms with Gasteiger partial charge in [0.05, 0.1) is 0 Å². The number of aryl methyl sites for hydroxylation is 1. The molecule has 0 bridgehead atoms. The molecule has 2 aromatic rings. The Morgan fingerprint density at radius 2 is 1.61 bits per heavy atom. The molecule has 5 heteroatoms. The summed E-state index contributed by atoms with van der Waals surface area (Å²) in [5, 5.41) is 0. The van der Waals surface area contributed by atoms with E-state index in [2.05, 4.69) is 0 Å². The zero-order chi connectivity index (χ0) is 13.3. The number of rotatable bonds is 2. The molecule has 0 aliphatic heterocycles. The number of halogens is 3. The Labute approximate surface area is 102 Å². The fourth-order valence-corrected chi connectivity index (χ4v) is 1.45. The molecule has 0 unspecified atom stereocenters. The summed E-state index contributed by atoms with van der Waals surface area (Å²) < 4.78 is 44.5. The molecule has 0 aliphatic rings. The van der Waals surface area contributed by atoms with Crippen LogP contribution in [0.25, 0.3) is 0 Å². The molecule has 0 fully saturated rings. The van der Waals surface area contributed by atoms with Crippen molar-refractivity contribution in [2.45, 2.75) is 6.92 Å². The lowest BCUT2D eigenvalue weighted by Crippen LogP contribution is -1.98. The summed E-state index contributed by atoms with van der Waals surface area (Å²) in [4.78, 5) is 0. The van der Waals surface area contributed by atoms with Gasteiger partial charge in [0, 0.05) is 18.2 Å². The summed E-state index contributed by atoms with van der Waals surface area (Å²) in [6, 6.07) is 5.48. The van der Waals surface area contributed by atoms with Crippen LogP contribution < -0.4 is 10.5 Å². The third-order valence-electron chi connectivity index (χ3n) is 2.43. The fourth-order valence-electron chi connectivity index (χ4n) is 1.45. The SMILES string of the molecule is Cc1ccc(F)cc1Oc1cc(F)cc(F)c1N. The molecule has 18 heavy (non-hydrogen) atoms. The van der Waals surface area contributed by atoms with Crippen LogP contribution in [0.2, 0.25) is 0 Å². The Morgan fingerprint density at radius 1 is 0.944 bits per heavy atom. The van der Waals surface area contributed by atoms with Crippen molar-refractivity contribution >= 4 is 5.69 Å². The van der Waals surface area contributed by atoms with Crippen molar-refractivity contribution in [1.29, 1.82) is 0 Å². The lowest BCUT2D eigenvalue weighted by Gasteiger charge is -2.11. The molecule has 2 rings (SSSR count). The average Bonchev–Trinajstić information content (AvgIpc) is 2.30. The predicted octanol–water partition coefficient (Wildman–Crippen LogP) is 3.79. The van der Waals surface area contributed by atoms with Gasteiger partial charge in [-0.3, -0.25) is 0 Å². The summed E-state index contributed by atoms with van der Waals surface area (Å²) in [6.45, 7) is 1.68. The van der Waals surface area contributed by atoms with Gasteiger partial charge in [0.25, 0.3) is 0 Å². The van der Waals surface area contributed by atoms with E-state index in [1.807, 2.05) is 0 Å². The molecule has 0 amide bonds. The lowest BCUT2D eigenvalue weighted by molar-refractivity contribution is 0.464. The third-order valence-corrected chi connectivity index (χ3v) is 2.43. The molecule has 2 aromatic carbocycles. The standard InChI is InChI=1S/C13H10F3NO/c1-7-2-3-8(14)5-11(7)18-12-6-9(15)4-10(16)13(12)17/h2-6H,17H2,1H3. The van der Waals surface area contributed by atoms with Gasteiger partial charge in [-0.25, -0.2) is 13.2 Å². The minimum atomic E-state index is -0.918. The molecule has 2 nitrogen and oxygen atoms in total. The van der Waals surface area contributed by atoms with Crippen LogP contribution in [-0.2, 0) is 0 Å². The number of hydrogen-bond acceptors (Lipinski definition) is 2. The van der Waals surface area contributed by atoms with Crippen LogP contribution >= 0.6 is 0 Å². The van der Waals surface area contributed by atoms with Crippen LogP contribution in [0.5, 0.6) is 11.5 Å². The Bertz CT molecular complexity index is 599. The third kappa shape index (κ3) is 2.40. The summed E-state index contributed by atoms with van der Waals surface area (Å²) in [6.07, 6.45) is 0. The Kier molecular flexibility index (Phi) is 3.14. The predicted molar refractivity (Wildman–Crippen MR) is 62.0 cm³/mol. The average molecular weight is 253 g/mol. The second-order valence-electron chi connectivity index (χ2n) is 3.81. The minimum absolute atomic E-state index is 0.159. The summed E-state index contributed by atoms with van der Waals surface area (Å²) in [5.41, 5.74) is 5.73. The largest absolute Gasteiger partial charge is 0.455 e. The van der Waals surface area contributed by atoms with Crippen LogP contribution in [0.15, 0.2) is 30.3 Å². The Hall–Kier alpha value is -2.17. The Morgan fingerprint density at radius 3 is 2.33 bits per heavy atom. The van der Waals surface area contributed by atoms with Gasteiger partial charge in [-0.1, -0.05) is 6.07 Å². The van der Waals surface area contributed by atoms with Gasteiger partial charge in [-0.15, -0.1) is 0 Å². The van der Waals surface area contributed by atoms with E-state index >= 15 is 0 Å². The molecule has 2 N–H and O–H groups in total. The van der Waals surface area contributed by atoms with Crippen molar-refractivity contribution in [3.05, 3.63) is 53.3 Å². The van der Waals surface area contributed by atoms with Crippen molar-refractivity contribution < 1.29 is 17.9 Å². The lowest BCUT2D eigenvalue weighted by atomic mass is 10.2. The van der Waals surface area contributed by atoms with E-state index in [-0.39, 0.29) is 17.2 Å². The molecule has 0 aliphatic carbocycles. The van der Waals surface area contributed by atoms with Crippen LogP contribution in [-0.4, -0.2) is 0 Å². The van der Waals surface area contributed by atoms with Crippen molar-refractivity contribution in [3.8, 4) is 11.5 Å². The summed E-state index contributed by atoms with van der Waals surface area (Å²) >= 11 is 0. The van der Waals surface area contributed by atoms with Crippen LogP contribution in [0.3, 0.4) is 0 Å². The van der Waals surface area contributed by atoms with Gasteiger partial charge in [0.1, 0.15) is 23.1 Å². The second-order valence-corrected chi connectivity index (χ2v) is 3.81. The zero-order valence-corrected chi connectivity index (χ0v) is 9.51. The molecule has 94 valence electrons. The number of nitrogen functional groups attached to an aromatic ring is 1. The number of hydrogen-bond donors (Lipinski definition) is 1.